The maximum absolute atomic E-state index is 12.7. The number of anilines is 1. The lowest BCUT2D eigenvalue weighted by Crippen LogP contribution is -2.49. The molecule has 1 atom stereocenters. The Labute approximate surface area is 209 Å². The average Bonchev–Trinajstić information content (AvgIpc) is 2.86. The maximum atomic E-state index is 12.7. The van der Waals surface area contributed by atoms with Crippen molar-refractivity contribution in [1.82, 2.24) is 25.1 Å². The van der Waals surface area contributed by atoms with E-state index in [0.29, 0.717) is 48.6 Å². The van der Waals surface area contributed by atoms with Crippen molar-refractivity contribution in [1.29, 1.82) is 0 Å². The number of aromatic nitrogens is 4. The predicted octanol–water partition coefficient (Wildman–Crippen LogP) is 3.24. The Morgan fingerprint density at radius 2 is 1.83 bits per heavy atom. The fourth-order valence-electron chi connectivity index (χ4n) is 4.05. The van der Waals surface area contributed by atoms with Crippen molar-refractivity contribution in [2.24, 2.45) is 0 Å². The quantitative estimate of drug-likeness (QED) is 0.473. The van der Waals surface area contributed by atoms with Crippen LogP contribution in [0.15, 0.2) is 35.5 Å². The van der Waals surface area contributed by atoms with Gasteiger partial charge in [-0.15, -0.1) is 0 Å². The molecule has 192 valence electrons. The second-order valence-electron chi connectivity index (χ2n) is 8.52. The number of ether oxygens (including phenoxy) is 1. The van der Waals surface area contributed by atoms with E-state index in [4.69, 9.17) is 16.3 Å². The molecule has 1 unspecified atom stereocenters. The summed E-state index contributed by atoms with van der Waals surface area (Å²) in [7, 11) is 0. The summed E-state index contributed by atoms with van der Waals surface area (Å²) >= 11 is 6.18. The zero-order chi connectivity index (χ0) is 25.9. The molecular weight excluding hydrogens is 501 g/mol. The van der Waals surface area contributed by atoms with Crippen LogP contribution in [0.25, 0.3) is 10.8 Å². The summed E-state index contributed by atoms with van der Waals surface area (Å²) in [6.07, 6.45) is -1.18. The summed E-state index contributed by atoms with van der Waals surface area (Å²) in [6.45, 7) is 4.16. The number of nitrogens with zero attached hydrogens (tertiary/aromatic N) is 5. The Kier molecular flexibility index (Phi) is 7.74. The topological polar surface area (TPSA) is 104 Å². The van der Waals surface area contributed by atoms with Crippen molar-refractivity contribution in [2.75, 3.05) is 44.3 Å². The molecular formula is C23H24ClF3N6O3. The van der Waals surface area contributed by atoms with Gasteiger partial charge in [-0.05, 0) is 17.7 Å². The molecule has 1 saturated heterocycles. The molecule has 0 bridgehead atoms. The molecule has 1 aromatic carbocycles. The summed E-state index contributed by atoms with van der Waals surface area (Å²) in [5.74, 6) is 0.0508. The highest BCUT2D eigenvalue weighted by Crippen LogP contribution is 2.29. The van der Waals surface area contributed by atoms with E-state index in [1.807, 2.05) is 6.92 Å². The molecule has 1 aliphatic rings. The number of aromatic amines is 1. The smallest absolute Gasteiger partial charge is 0.380 e. The highest BCUT2D eigenvalue weighted by Gasteiger charge is 2.32. The van der Waals surface area contributed by atoms with Crippen LogP contribution < -0.4 is 10.5 Å². The monoisotopic (exact) mass is 524 g/mol. The van der Waals surface area contributed by atoms with Gasteiger partial charge in [0.05, 0.1) is 36.8 Å². The van der Waals surface area contributed by atoms with E-state index in [9.17, 15) is 22.8 Å². The Hall–Kier alpha value is -3.25. The van der Waals surface area contributed by atoms with Gasteiger partial charge < -0.3 is 14.5 Å². The summed E-state index contributed by atoms with van der Waals surface area (Å²) in [6, 6.07) is 3.38. The van der Waals surface area contributed by atoms with Gasteiger partial charge in [0, 0.05) is 54.9 Å². The second-order valence-corrected chi connectivity index (χ2v) is 8.96. The fraction of sp³-hybridized carbons (Fsp3) is 0.435. The first-order valence-electron chi connectivity index (χ1n) is 11.3. The Morgan fingerprint density at radius 1 is 1.14 bits per heavy atom. The number of carbonyl (C=O) groups excluding carboxylic acids is 1. The zero-order valence-electron chi connectivity index (χ0n) is 19.4. The first-order valence-corrected chi connectivity index (χ1v) is 11.7. The van der Waals surface area contributed by atoms with E-state index in [-0.39, 0.29) is 36.4 Å². The van der Waals surface area contributed by atoms with Gasteiger partial charge in [0.2, 0.25) is 11.9 Å². The van der Waals surface area contributed by atoms with E-state index < -0.39 is 11.7 Å². The number of H-pyrrole nitrogens is 1. The van der Waals surface area contributed by atoms with Crippen LogP contribution >= 0.6 is 11.6 Å². The Bertz CT molecular complexity index is 1280. The van der Waals surface area contributed by atoms with E-state index >= 15 is 0 Å². The Morgan fingerprint density at radius 3 is 2.50 bits per heavy atom. The lowest BCUT2D eigenvalue weighted by atomic mass is 9.97. The number of benzene rings is 1. The molecule has 1 N–H and O–H groups in total. The molecule has 9 nitrogen and oxygen atoms in total. The van der Waals surface area contributed by atoms with Gasteiger partial charge in [0.15, 0.2) is 0 Å². The van der Waals surface area contributed by atoms with Gasteiger partial charge in [0.1, 0.15) is 0 Å². The predicted molar refractivity (Wildman–Crippen MR) is 127 cm³/mol. The van der Waals surface area contributed by atoms with Crippen molar-refractivity contribution in [3.63, 3.8) is 0 Å². The van der Waals surface area contributed by atoms with Gasteiger partial charge in [-0.3, -0.25) is 9.59 Å². The SMILES string of the molecule is CC(COCCC(=O)N1CCN(c2ncc(C(F)(F)F)cn2)CC1)c1cc(Cl)cc2c(=O)[nH]ncc12. The normalized spacial score (nSPS) is 15.4. The lowest BCUT2D eigenvalue weighted by molar-refractivity contribution is -0.138. The molecule has 0 aliphatic carbocycles. The van der Waals surface area contributed by atoms with E-state index in [2.05, 4.69) is 20.2 Å². The van der Waals surface area contributed by atoms with Gasteiger partial charge >= 0.3 is 6.18 Å². The third kappa shape index (κ3) is 5.93. The number of rotatable bonds is 7. The van der Waals surface area contributed by atoms with Crippen LogP contribution in [-0.4, -0.2) is 70.4 Å². The van der Waals surface area contributed by atoms with Crippen LogP contribution in [0.2, 0.25) is 5.02 Å². The fourth-order valence-corrected chi connectivity index (χ4v) is 4.28. The Balaban J connectivity index is 1.24. The van der Waals surface area contributed by atoms with Crippen LogP contribution in [0.3, 0.4) is 0 Å². The highest BCUT2D eigenvalue weighted by atomic mass is 35.5. The minimum absolute atomic E-state index is 0.0698. The van der Waals surface area contributed by atoms with Crippen molar-refractivity contribution >= 4 is 34.2 Å². The van der Waals surface area contributed by atoms with Crippen LogP contribution in [0.5, 0.6) is 0 Å². The van der Waals surface area contributed by atoms with Crippen molar-refractivity contribution in [2.45, 2.75) is 25.4 Å². The third-order valence-electron chi connectivity index (χ3n) is 6.02. The van der Waals surface area contributed by atoms with Crippen molar-refractivity contribution in [3.8, 4) is 0 Å². The van der Waals surface area contributed by atoms with Gasteiger partial charge in [-0.25, -0.2) is 15.1 Å². The summed E-state index contributed by atoms with van der Waals surface area (Å²) in [4.78, 5) is 35.7. The lowest BCUT2D eigenvalue weighted by Gasteiger charge is -2.34. The molecule has 1 fully saturated rings. The number of fused-ring (bicyclic) bond motifs is 1. The van der Waals surface area contributed by atoms with E-state index in [0.717, 1.165) is 18.0 Å². The molecule has 0 radical (unpaired) electrons. The van der Waals surface area contributed by atoms with Crippen LogP contribution in [0, 0.1) is 0 Å². The standard InChI is InChI=1S/C23H24ClF3N6O3/c1-14(17-8-16(24)9-18-19(17)12-30-31-21(18)35)13-36-7-2-20(34)32-3-5-33(6-4-32)22-28-10-15(11-29-22)23(25,26)27/h8-12,14H,2-7,13H2,1H3,(H,31,35). The van der Waals surface area contributed by atoms with Gasteiger partial charge in [0.25, 0.3) is 5.56 Å². The minimum Gasteiger partial charge on any atom is -0.380 e. The molecule has 0 saturated carbocycles. The molecule has 4 rings (SSSR count). The van der Waals surface area contributed by atoms with E-state index in [1.54, 1.807) is 28.1 Å². The molecule has 3 heterocycles. The molecule has 36 heavy (non-hydrogen) atoms. The first-order chi connectivity index (χ1) is 17.1. The van der Waals surface area contributed by atoms with Gasteiger partial charge in [-0.1, -0.05) is 18.5 Å². The molecule has 1 aliphatic heterocycles. The van der Waals surface area contributed by atoms with Gasteiger partial charge in [-0.2, -0.15) is 18.3 Å². The summed E-state index contributed by atoms with van der Waals surface area (Å²) in [5, 5.41) is 7.86. The summed E-state index contributed by atoms with van der Waals surface area (Å²) in [5.41, 5.74) is -0.382. The molecule has 13 heteroatoms. The second kappa shape index (κ2) is 10.8. The maximum Gasteiger partial charge on any atom is 0.419 e. The molecule has 3 aromatic rings. The van der Waals surface area contributed by atoms with E-state index in [1.165, 1.54) is 0 Å². The number of nitrogens with one attached hydrogen (secondary N) is 1. The zero-order valence-corrected chi connectivity index (χ0v) is 20.1. The number of amides is 1. The molecule has 1 amide bonds. The number of halogens is 4. The highest BCUT2D eigenvalue weighted by molar-refractivity contribution is 6.31. The molecule has 0 spiro atoms. The molecule has 2 aromatic heterocycles. The minimum atomic E-state index is -4.48. The number of hydrogen-bond donors (Lipinski definition) is 1. The summed E-state index contributed by atoms with van der Waals surface area (Å²) < 4.78 is 43.8. The number of piperazine rings is 1. The van der Waals surface area contributed by atoms with Crippen LogP contribution in [-0.2, 0) is 15.7 Å². The third-order valence-corrected chi connectivity index (χ3v) is 6.24. The first kappa shape index (κ1) is 25.8. The number of alkyl halides is 3. The average molecular weight is 525 g/mol. The van der Waals surface area contributed by atoms with Crippen molar-refractivity contribution < 1.29 is 22.7 Å². The largest absolute Gasteiger partial charge is 0.419 e. The van der Waals surface area contributed by atoms with Crippen molar-refractivity contribution in [3.05, 3.63) is 57.2 Å². The van der Waals surface area contributed by atoms with Crippen LogP contribution in [0.4, 0.5) is 19.1 Å². The number of hydrogen-bond acceptors (Lipinski definition) is 7. The number of carbonyl (C=O) groups is 1. The van der Waals surface area contributed by atoms with Crippen LogP contribution in [0.1, 0.15) is 30.4 Å².